The van der Waals surface area contributed by atoms with E-state index in [1.165, 1.54) is 19.3 Å². The van der Waals surface area contributed by atoms with E-state index in [4.69, 9.17) is 24.9 Å². The first-order chi connectivity index (χ1) is 8.90. The minimum Gasteiger partial charge on any atom is -1.00 e. The van der Waals surface area contributed by atoms with Gasteiger partial charge in [0.25, 0.3) is 0 Å². The van der Waals surface area contributed by atoms with E-state index in [-0.39, 0.29) is 36.7 Å². The molecule has 8 heteroatoms. The van der Waals surface area contributed by atoms with Crippen LogP contribution in [0.3, 0.4) is 0 Å². The Morgan fingerprint density at radius 1 is 1.35 bits per heavy atom. The van der Waals surface area contributed by atoms with Gasteiger partial charge in [0, 0.05) is 6.08 Å². The molecule has 0 aliphatic carbocycles. The summed E-state index contributed by atoms with van der Waals surface area (Å²) in [6, 6.07) is 4.59. The molecular formula is C12H15NaO7. The third-order valence-electron chi connectivity index (χ3n) is 1.76. The molecule has 1 aromatic rings. The second-order valence-electron chi connectivity index (χ2n) is 3.15. The number of carbonyl (C=O) groups is 2. The fourth-order valence-electron chi connectivity index (χ4n) is 0.965. The summed E-state index contributed by atoms with van der Waals surface area (Å²) in [5, 5.41) is 32.7. The number of aliphatic hydroxyl groups is 1. The number of rotatable bonds is 4. The van der Waals surface area contributed by atoms with E-state index in [9.17, 15) is 9.90 Å². The summed E-state index contributed by atoms with van der Waals surface area (Å²) < 4.78 is 4.86. The van der Waals surface area contributed by atoms with Gasteiger partial charge in [-0.3, -0.25) is 0 Å². The summed E-state index contributed by atoms with van der Waals surface area (Å²) in [5.74, 6) is -1.86. The van der Waals surface area contributed by atoms with Crippen molar-refractivity contribution in [1.29, 1.82) is 0 Å². The number of aliphatic carboxylic acids is 2. The third kappa shape index (κ3) is 9.40. The zero-order valence-electron chi connectivity index (χ0n) is 12.1. The summed E-state index contributed by atoms with van der Waals surface area (Å²) in [7, 11) is 1.43. The van der Waals surface area contributed by atoms with E-state index in [1.807, 2.05) is 0 Å². The molecule has 0 aliphatic heterocycles. The van der Waals surface area contributed by atoms with Gasteiger partial charge in [0.1, 0.15) is 6.61 Å². The molecule has 20 heavy (non-hydrogen) atoms. The Balaban J connectivity index is -0.000000405. The Kier molecular flexibility index (Phi) is 11.7. The smallest absolute Gasteiger partial charge is 1.00 e. The maximum Gasteiger partial charge on any atom is 1.00 e. The minimum atomic E-state index is -1.19. The van der Waals surface area contributed by atoms with Crippen molar-refractivity contribution in [2.75, 3.05) is 13.7 Å². The van der Waals surface area contributed by atoms with Crippen molar-refractivity contribution in [2.45, 2.75) is 0 Å². The van der Waals surface area contributed by atoms with E-state index >= 15 is 0 Å². The number of aromatic hydroxyl groups is 1. The van der Waals surface area contributed by atoms with E-state index in [1.54, 1.807) is 12.1 Å². The van der Waals surface area contributed by atoms with Crippen LogP contribution in [-0.4, -0.2) is 46.1 Å². The molecule has 0 saturated heterocycles. The van der Waals surface area contributed by atoms with Crippen LogP contribution in [0.25, 0.3) is 6.08 Å². The fourth-order valence-corrected chi connectivity index (χ4v) is 0.965. The summed E-state index contributed by atoms with van der Waals surface area (Å²) in [4.78, 5) is 19.3. The SMILES string of the molecule is COc1cc(C=CC(=O)O)ccc1O.O=C(O)CO.[H-].[Na+]. The van der Waals surface area contributed by atoms with E-state index < -0.39 is 18.5 Å². The van der Waals surface area contributed by atoms with Crippen molar-refractivity contribution in [3.63, 3.8) is 0 Å². The molecule has 0 atom stereocenters. The normalized spacial score (nSPS) is 9.10. The summed E-state index contributed by atoms with van der Waals surface area (Å²) in [6.45, 7) is -0.778. The Morgan fingerprint density at radius 3 is 2.30 bits per heavy atom. The van der Waals surface area contributed by atoms with Gasteiger partial charge in [0.15, 0.2) is 11.5 Å². The van der Waals surface area contributed by atoms with Crippen LogP contribution in [0.15, 0.2) is 24.3 Å². The number of phenols is 1. The van der Waals surface area contributed by atoms with Gasteiger partial charge in [-0.25, -0.2) is 9.59 Å². The molecule has 1 aromatic carbocycles. The quantitative estimate of drug-likeness (QED) is 0.363. The van der Waals surface area contributed by atoms with Gasteiger partial charge >= 0.3 is 41.5 Å². The largest absolute Gasteiger partial charge is 1.00 e. The molecule has 7 nitrogen and oxygen atoms in total. The average Bonchev–Trinajstić information content (AvgIpc) is 2.38. The first-order valence-electron chi connectivity index (χ1n) is 5.01. The van der Waals surface area contributed by atoms with Gasteiger partial charge in [-0.05, 0) is 23.8 Å². The number of carboxylic acids is 2. The summed E-state index contributed by atoms with van der Waals surface area (Å²) in [6.07, 6.45) is 2.44. The van der Waals surface area contributed by atoms with Gasteiger partial charge in [0.2, 0.25) is 0 Å². The first kappa shape index (κ1) is 20.8. The number of carboxylic acid groups (broad SMARTS) is 2. The first-order valence-corrected chi connectivity index (χ1v) is 5.01. The maximum absolute atomic E-state index is 10.2. The van der Waals surface area contributed by atoms with E-state index in [2.05, 4.69) is 0 Å². The molecule has 106 valence electrons. The van der Waals surface area contributed by atoms with Gasteiger partial charge in [0.05, 0.1) is 7.11 Å². The number of benzene rings is 1. The fraction of sp³-hybridized carbons (Fsp3) is 0.167. The van der Waals surface area contributed by atoms with Crippen molar-refractivity contribution in [1.82, 2.24) is 0 Å². The van der Waals surface area contributed by atoms with Crippen LogP contribution < -0.4 is 34.3 Å². The molecular weight excluding hydrogens is 279 g/mol. The predicted octanol–water partition coefficient (Wildman–Crippen LogP) is -2.32. The van der Waals surface area contributed by atoms with Gasteiger partial charge in [-0.1, -0.05) is 6.07 Å². The molecule has 1 rings (SSSR count). The molecule has 0 aromatic heterocycles. The van der Waals surface area contributed by atoms with E-state index in [0.717, 1.165) is 6.08 Å². The Labute approximate surface area is 138 Å². The minimum absolute atomic E-state index is 0. The van der Waals surface area contributed by atoms with Crippen molar-refractivity contribution in [3.8, 4) is 11.5 Å². The van der Waals surface area contributed by atoms with Crippen molar-refractivity contribution in [3.05, 3.63) is 29.8 Å². The number of methoxy groups -OCH3 is 1. The second-order valence-corrected chi connectivity index (χ2v) is 3.15. The van der Waals surface area contributed by atoms with E-state index in [0.29, 0.717) is 11.3 Å². The molecule has 0 amide bonds. The molecule has 0 aliphatic rings. The Bertz CT molecular complexity index is 477. The second kappa shape index (κ2) is 11.3. The van der Waals surface area contributed by atoms with Crippen molar-refractivity contribution < 1.29 is 65.7 Å². The Morgan fingerprint density at radius 2 is 1.90 bits per heavy atom. The van der Waals surface area contributed by atoms with Gasteiger partial charge in [-0.15, -0.1) is 0 Å². The monoisotopic (exact) mass is 294 g/mol. The van der Waals surface area contributed by atoms with Gasteiger partial charge in [-0.2, -0.15) is 0 Å². The number of hydrogen-bond donors (Lipinski definition) is 4. The molecule has 4 N–H and O–H groups in total. The van der Waals surface area contributed by atoms with Crippen LogP contribution in [0.4, 0.5) is 0 Å². The van der Waals surface area contributed by atoms with Crippen LogP contribution >= 0.6 is 0 Å². The molecule has 0 heterocycles. The summed E-state index contributed by atoms with van der Waals surface area (Å²) >= 11 is 0. The molecule has 0 fully saturated rings. The zero-order chi connectivity index (χ0) is 14.8. The predicted molar refractivity (Wildman–Crippen MR) is 67.2 cm³/mol. The van der Waals surface area contributed by atoms with Crippen molar-refractivity contribution in [2.24, 2.45) is 0 Å². The standard InChI is InChI=1S/C10H10O4.C2H4O3.Na.H/c1-14-9-6-7(2-4-8(9)11)3-5-10(12)13;3-1-2(4)5;;/h2-6,11H,1H3,(H,12,13);3H,1H2,(H,4,5);;/q;;+1;-1. The van der Waals surface area contributed by atoms with Crippen LogP contribution in [0.1, 0.15) is 6.99 Å². The topological polar surface area (TPSA) is 124 Å². The number of phenolic OH excluding ortho intramolecular Hbond substituents is 1. The zero-order valence-corrected chi connectivity index (χ0v) is 13.1. The van der Waals surface area contributed by atoms with Crippen LogP contribution in [0.2, 0.25) is 0 Å². The summed E-state index contributed by atoms with van der Waals surface area (Å²) in [5.41, 5.74) is 0.655. The molecule has 0 unspecified atom stereocenters. The average molecular weight is 294 g/mol. The van der Waals surface area contributed by atoms with Crippen LogP contribution in [0.5, 0.6) is 11.5 Å². The molecule has 0 bridgehead atoms. The number of aliphatic hydroxyl groups excluding tert-OH is 1. The number of ether oxygens (including phenoxy) is 1. The molecule has 0 saturated carbocycles. The van der Waals surface area contributed by atoms with Crippen LogP contribution in [0, 0.1) is 0 Å². The van der Waals surface area contributed by atoms with Crippen LogP contribution in [-0.2, 0) is 9.59 Å². The third-order valence-corrected chi connectivity index (χ3v) is 1.76. The number of hydrogen-bond acceptors (Lipinski definition) is 5. The molecule has 0 radical (unpaired) electrons. The van der Waals surface area contributed by atoms with Gasteiger partial charge < -0.3 is 26.6 Å². The Hall–Kier alpha value is -1.54. The van der Waals surface area contributed by atoms with Crippen molar-refractivity contribution >= 4 is 18.0 Å². The maximum atomic E-state index is 10.2. The molecule has 0 spiro atoms.